The number of amides is 2. The highest BCUT2D eigenvalue weighted by atomic mass is 35.5. The number of piperazine rings is 1. The summed E-state index contributed by atoms with van der Waals surface area (Å²) in [6.07, 6.45) is 0. The van der Waals surface area contributed by atoms with Crippen LogP contribution in [0.1, 0.15) is 37.7 Å². The lowest BCUT2D eigenvalue weighted by molar-refractivity contribution is 0.0664. The standard InChI is InChI=1S/C26H29ClN4O2/c1-18-4-5-19(2)31(18)22-10-11-24(27)23(16-22)25(32)28-17-20-6-8-21(9-7-20)26(33)30-14-12-29(3)13-15-30/h4-11,16H,12-15,17H2,1-3H3,(H,28,32). The molecule has 6 nitrogen and oxygen atoms in total. The van der Waals surface area contributed by atoms with Crippen LogP contribution in [0.25, 0.3) is 5.69 Å². The number of hydrogen-bond donors (Lipinski definition) is 1. The van der Waals surface area contributed by atoms with E-state index in [1.807, 2.05) is 67.3 Å². The predicted molar refractivity (Wildman–Crippen MR) is 131 cm³/mol. The Morgan fingerprint density at radius 2 is 1.55 bits per heavy atom. The van der Waals surface area contributed by atoms with Gasteiger partial charge in [-0.25, -0.2) is 0 Å². The number of nitrogens with zero attached hydrogens (tertiary/aromatic N) is 3. The second kappa shape index (κ2) is 9.81. The number of halogens is 1. The van der Waals surface area contributed by atoms with E-state index in [1.54, 1.807) is 6.07 Å². The lowest BCUT2D eigenvalue weighted by atomic mass is 10.1. The van der Waals surface area contributed by atoms with Gasteiger partial charge in [0, 0.05) is 55.4 Å². The first-order valence-corrected chi connectivity index (χ1v) is 11.5. The number of hydrogen-bond acceptors (Lipinski definition) is 3. The fourth-order valence-corrected chi connectivity index (χ4v) is 4.34. The first-order chi connectivity index (χ1) is 15.8. The highest BCUT2D eigenvalue weighted by Crippen LogP contribution is 2.23. The van der Waals surface area contributed by atoms with Crippen molar-refractivity contribution in [2.24, 2.45) is 0 Å². The van der Waals surface area contributed by atoms with E-state index in [4.69, 9.17) is 11.6 Å². The molecule has 0 atom stereocenters. The quantitative estimate of drug-likeness (QED) is 0.619. The van der Waals surface area contributed by atoms with E-state index in [-0.39, 0.29) is 11.8 Å². The molecule has 2 aromatic carbocycles. The van der Waals surface area contributed by atoms with E-state index >= 15 is 0 Å². The molecule has 0 aliphatic carbocycles. The van der Waals surface area contributed by atoms with Crippen LogP contribution >= 0.6 is 11.6 Å². The predicted octanol–water partition coefficient (Wildman–Crippen LogP) is 4.07. The average Bonchev–Trinajstić information content (AvgIpc) is 3.16. The third-order valence-electron chi connectivity index (χ3n) is 6.17. The van der Waals surface area contributed by atoms with Crippen LogP contribution in [0.4, 0.5) is 0 Å². The molecule has 0 bridgehead atoms. The molecule has 0 radical (unpaired) electrons. The molecule has 33 heavy (non-hydrogen) atoms. The van der Waals surface area contributed by atoms with Gasteiger partial charge in [0.15, 0.2) is 0 Å². The van der Waals surface area contributed by atoms with Crippen LogP contribution in [-0.4, -0.2) is 59.4 Å². The number of likely N-dealkylation sites (N-methyl/N-ethyl adjacent to an activating group) is 1. The van der Waals surface area contributed by atoms with E-state index < -0.39 is 0 Å². The molecule has 1 aliphatic heterocycles. The fraction of sp³-hybridized carbons (Fsp3) is 0.308. The Labute approximate surface area is 199 Å². The molecule has 172 valence electrons. The molecule has 1 N–H and O–H groups in total. The Kier molecular flexibility index (Phi) is 6.86. The normalized spacial score (nSPS) is 14.4. The molecule has 7 heteroatoms. The largest absolute Gasteiger partial charge is 0.348 e. The van der Waals surface area contributed by atoms with E-state index in [2.05, 4.69) is 21.8 Å². The van der Waals surface area contributed by atoms with Crippen LogP contribution < -0.4 is 5.32 Å². The Morgan fingerprint density at radius 3 is 2.18 bits per heavy atom. The molecule has 0 spiro atoms. The molecule has 2 heterocycles. The Bertz CT molecular complexity index is 1140. The molecule has 3 aromatic rings. The number of nitrogens with one attached hydrogen (secondary N) is 1. The summed E-state index contributed by atoms with van der Waals surface area (Å²) >= 11 is 6.34. The summed E-state index contributed by atoms with van der Waals surface area (Å²) in [7, 11) is 2.07. The van der Waals surface area contributed by atoms with Gasteiger partial charge in [0.1, 0.15) is 0 Å². The van der Waals surface area contributed by atoms with Crippen molar-refractivity contribution in [3.8, 4) is 5.69 Å². The summed E-state index contributed by atoms with van der Waals surface area (Å²) in [5, 5.41) is 3.35. The number of aryl methyl sites for hydroxylation is 2. The molecule has 1 fully saturated rings. The summed E-state index contributed by atoms with van der Waals surface area (Å²) in [4.78, 5) is 29.7. The molecule has 4 rings (SSSR count). The summed E-state index contributed by atoms with van der Waals surface area (Å²) in [5.41, 5.74) is 5.10. The number of carbonyl (C=O) groups is 2. The average molecular weight is 465 g/mol. The number of carbonyl (C=O) groups excluding carboxylic acids is 2. The third-order valence-corrected chi connectivity index (χ3v) is 6.50. The highest BCUT2D eigenvalue weighted by Gasteiger charge is 2.20. The third kappa shape index (κ3) is 5.13. The van der Waals surface area contributed by atoms with Gasteiger partial charge in [-0.05, 0) is 68.9 Å². The van der Waals surface area contributed by atoms with Crippen LogP contribution in [-0.2, 0) is 6.54 Å². The zero-order valence-corrected chi connectivity index (χ0v) is 20.0. The monoisotopic (exact) mass is 464 g/mol. The summed E-state index contributed by atoms with van der Waals surface area (Å²) < 4.78 is 2.09. The van der Waals surface area contributed by atoms with E-state index in [1.165, 1.54) is 0 Å². The van der Waals surface area contributed by atoms with Crippen LogP contribution in [0.2, 0.25) is 5.02 Å². The fourth-order valence-electron chi connectivity index (χ4n) is 4.14. The highest BCUT2D eigenvalue weighted by molar-refractivity contribution is 6.33. The first-order valence-electron chi connectivity index (χ1n) is 11.1. The van der Waals surface area contributed by atoms with Gasteiger partial charge in [0.25, 0.3) is 11.8 Å². The zero-order chi connectivity index (χ0) is 23.5. The molecule has 1 aromatic heterocycles. The van der Waals surface area contributed by atoms with Crippen molar-refractivity contribution in [2.75, 3.05) is 33.2 Å². The SMILES string of the molecule is Cc1ccc(C)n1-c1ccc(Cl)c(C(=O)NCc2ccc(C(=O)N3CCN(C)CC3)cc2)c1. The minimum atomic E-state index is -0.234. The molecular weight excluding hydrogens is 436 g/mol. The number of benzene rings is 2. The van der Waals surface area contributed by atoms with Crippen molar-refractivity contribution in [3.63, 3.8) is 0 Å². The van der Waals surface area contributed by atoms with Crippen molar-refractivity contribution < 1.29 is 9.59 Å². The smallest absolute Gasteiger partial charge is 0.253 e. The minimum absolute atomic E-state index is 0.0536. The van der Waals surface area contributed by atoms with E-state index in [9.17, 15) is 9.59 Å². The Morgan fingerprint density at radius 1 is 0.909 bits per heavy atom. The van der Waals surface area contributed by atoms with Gasteiger partial charge in [0.2, 0.25) is 0 Å². The summed E-state index contributed by atoms with van der Waals surface area (Å²) in [6.45, 7) is 7.68. The van der Waals surface area contributed by atoms with Crippen molar-refractivity contribution in [1.82, 2.24) is 19.7 Å². The van der Waals surface area contributed by atoms with Gasteiger partial charge >= 0.3 is 0 Å². The van der Waals surface area contributed by atoms with Crippen molar-refractivity contribution >= 4 is 23.4 Å². The minimum Gasteiger partial charge on any atom is -0.348 e. The van der Waals surface area contributed by atoms with Crippen LogP contribution in [0.5, 0.6) is 0 Å². The topological polar surface area (TPSA) is 57.6 Å². The maximum absolute atomic E-state index is 12.9. The summed E-state index contributed by atoms with van der Waals surface area (Å²) in [5.74, 6) is -0.181. The van der Waals surface area contributed by atoms with Crippen molar-refractivity contribution in [1.29, 1.82) is 0 Å². The van der Waals surface area contributed by atoms with E-state index in [0.717, 1.165) is 48.8 Å². The van der Waals surface area contributed by atoms with Gasteiger partial charge < -0.3 is 19.7 Å². The van der Waals surface area contributed by atoms with Gasteiger partial charge in [-0.1, -0.05) is 23.7 Å². The lowest BCUT2D eigenvalue weighted by Crippen LogP contribution is -2.47. The number of aromatic nitrogens is 1. The number of rotatable bonds is 5. The van der Waals surface area contributed by atoms with Gasteiger partial charge in [-0.2, -0.15) is 0 Å². The molecule has 2 amide bonds. The Hall–Kier alpha value is -3.09. The zero-order valence-electron chi connectivity index (χ0n) is 19.3. The molecule has 1 aliphatic rings. The van der Waals surface area contributed by atoms with Crippen LogP contribution in [0, 0.1) is 13.8 Å². The van der Waals surface area contributed by atoms with Crippen molar-refractivity contribution in [2.45, 2.75) is 20.4 Å². The van der Waals surface area contributed by atoms with E-state index in [0.29, 0.717) is 22.7 Å². The Balaban J connectivity index is 1.41. The molecule has 1 saturated heterocycles. The summed E-state index contributed by atoms with van der Waals surface area (Å²) in [6, 6.07) is 17.0. The molecular formula is C26H29ClN4O2. The van der Waals surface area contributed by atoms with Gasteiger partial charge in [0.05, 0.1) is 10.6 Å². The van der Waals surface area contributed by atoms with Gasteiger partial charge in [-0.3, -0.25) is 9.59 Å². The second-order valence-corrected chi connectivity index (χ2v) is 9.00. The van der Waals surface area contributed by atoms with Crippen LogP contribution in [0.15, 0.2) is 54.6 Å². The van der Waals surface area contributed by atoms with Crippen LogP contribution in [0.3, 0.4) is 0 Å². The maximum Gasteiger partial charge on any atom is 0.253 e. The first kappa shape index (κ1) is 23.1. The second-order valence-electron chi connectivity index (χ2n) is 8.59. The van der Waals surface area contributed by atoms with Gasteiger partial charge in [-0.15, -0.1) is 0 Å². The van der Waals surface area contributed by atoms with Crippen molar-refractivity contribution in [3.05, 3.63) is 87.7 Å². The lowest BCUT2D eigenvalue weighted by Gasteiger charge is -2.32. The maximum atomic E-state index is 12.9. The molecule has 0 unspecified atom stereocenters. The molecule has 0 saturated carbocycles.